The molecule has 3 aromatic rings. The molecule has 0 aliphatic carbocycles. The Labute approximate surface area is 237 Å². The van der Waals surface area contributed by atoms with E-state index in [4.69, 9.17) is 9.47 Å². The first-order chi connectivity index (χ1) is 19.8. The van der Waals surface area contributed by atoms with Crippen LogP contribution in [0.1, 0.15) is 40.9 Å². The Balaban J connectivity index is 1.38. The van der Waals surface area contributed by atoms with Gasteiger partial charge >= 0.3 is 5.97 Å². The molecule has 1 saturated heterocycles. The predicted octanol–water partition coefficient (Wildman–Crippen LogP) is 2.95. The number of carboxylic acid groups (broad SMARTS) is 1. The Morgan fingerprint density at radius 1 is 0.878 bits per heavy atom. The number of aliphatic carboxylic acids is 1. The fourth-order valence-corrected chi connectivity index (χ4v) is 4.50. The molecule has 41 heavy (non-hydrogen) atoms. The summed E-state index contributed by atoms with van der Waals surface area (Å²) in [5.41, 5.74) is 4.16. The summed E-state index contributed by atoms with van der Waals surface area (Å²) in [6.45, 7) is 3.68. The molecule has 1 aromatic heterocycles. The summed E-state index contributed by atoms with van der Waals surface area (Å²) in [5, 5.41) is 17.9. The van der Waals surface area contributed by atoms with Crippen LogP contribution in [-0.2, 0) is 43.1 Å². The zero-order chi connectivity index (χ0) is 29.4. The standard InChI is InChI=1S/C30H32N4O7/c1-3-19-6-5-7-20(4-2)24(19)34-29(37)26-25(40-17-41-26)28(36)33-23(30(38)39)16-18-8-10-22(11-9-18)32-27(35)21-12-14-31-15-13-21/h5-15,23,25-26H,3-4,16-17H2,1-2H3,(H,32,35)(H,33,36)(H,34,37)(H,38,39)/t23-,25+,26+/m0/s1. The molecule has 1 fully saturated rings. The van der Waals surface area contributed by atoms with Crippen molar-refractivity contribution in [1.29, 1.82) is 0 Å². The number of hydrogen-bond donors (Lipinski definition) is 4. The lowest BCUT2D eigenvalue weighted by Gasteiger charge is -2.21. The number of aryl methyl sites for hydroxylation is 2. The van der Waals surface area contributed by atoms with Gasteiger partial charge in [0.1, 0.15) is 12.8 Å². The molecule has 1 aliphatic rings. The molecule has 4 N–H and O–H groups in total. The third-order valence-corrected chi connectivity index (χ3v) is 6.74. The van der Waals surface area contributed by atoms with Gasteiger partial charge in [0.05, 0.1) is 0 Å². The largest absolute Gasteiger partial charge is 0.480 e. The number of carbonyl (C=O) groups is 4. The molecule has 214 valence electrons. The van der Waals surface area contributed by atoms with E-state index in [2.05, 4.69) is 20.9 Å². The van der Waals surface area contributed by atoms with Gasteiger partial charge in [-0.3, -0.25) is 19.4 Å². The van der Waals surface area contributed by atoms with Crippen molar-refractivity contribution in [3.63, 3.8) is 0 Å². The van der Waals surface area contributed by atoms with Gasteiger partial charge in [0.15, 0.2) is 12.2 Å². The van der Waals surface area contributed by atoms with Gasteiger partial charge in [-0.1, -0.05) is 44.2 Å². The van der Waals surface area contributed by atoms with Gasteiger partial charge in [-0.15, -0.1) is 0 Å². The molecule has 11 heteroatoms. The number of aromatic nitrogens is 1. The number of amides is 3. The second-order valence-corrected chi connectivity index (χ2v) is 9.43. The minimum absolute atomic E-state index is 0.0339. The molecular formula is C30H32N4O7. The highest BCUT2D eigenvalue weighted by Crippen LogP contribution is 2.24. The van der Waals surface area contributed by atoms with Gasteiger partial charge < -0.3 is 30.5 Å². The minimum atomic E-state index is -1.32. The number of carboxylic acids is 1. The number of ether oxygens (including phenoxy) is 2. The number of hydrogen-bond acceptors (Lipinski definition) is 7. The number of para-hydroxylation sites is 1. The van der Waals surface area contributed by atoms with Crippen molar-refractivity contribution >= 4 is 35.1 Å². The van der Waals surface area contributed by atoms with Gasteiger partial charge in [-0.2, -0.15) is 0 Å². The second-order valence-electron chi connectivity index (χ2n) is 9.43. The monoisotopic (exact) mass is 560 g/mol. The number of rotatable bonds is 11. The van der Waals surface area contributed by atoms with Gasteiger partial charge in [0, 0.05) is 35.8 Å². The molecule has 3 atom stereocenters. The van der Waals surface area contributed by atoms with Crippen molar-refractivity contribution in [3.05, 3.63) is 89.2 Å². The number of nitrogens with zero attached hydrogens (tertiary/aromatic N) is 1. The van der Waals surface area contributed by atoms with E-state index in [1.165, 1.54) is 12.4 Å². The van der Waals surface area contributed by atoms with E-state index in [-0.39, 0.29) is 19.1 Å². The third kappa shape index (κ3) is 7.33. The zero-order valence-electron chi connectivity index (χ0n) is 22.8. The quantitative estimate of drug-likeness (QED) is 0.279. The van der Waals surface area contributed by atoms with Crippen LogP contribution in [0.25, 0.3) is 0 Å². The Kier molecular flexibility index (Phi) is 9.77. The molecule has 2 aromatic carbocycles. The normalized spacial score (nSPS) is 16.9. The van der Waals surface area contributed by atoms with Crippen LogP contribution in [-0.4, -0.2) is 58.8 Å². The summed E-state index contributed by atoms with van der Waals surface area (Å²) in [6, 6.07) is 14.3. The first-order valence-corrected chi connectivity index (χ1v) is 13.3. The number of benzene rings is 2. The lowest BCUT2D eigenvalue weighted by Crippen LogP contribution is -2.51. The Morgan fingerprint density at radius 3 is 2.07 bits per heavy atom. The molecule has 1 aliphatic heterocycles. The van der Waals surface area contributed by atoms with Crippen LogP contribution in [0.4, 0.5) is 11.4 Å². The molecule has 2 heterocycles. The fourth-order valence-electron chi connectivity index (χ4n) is 4.50. The molecule has 3 amide bonds. The Morgan fingerprint density at radius 2 is 1.49 bits per heavy atom. The maximum atomic E-state index is 13.1. The number of anilines is 2. The van der Waals surface area contributed by atoms with Crippen LogP contribution in [0.3, 0.4) is 0 Å². The van der Waals surface area contributed by atoms with E-state index < -0.39 is 36.0 Å². The van der Waals surface area contributed by atoms with Crippen LogP contribution >= 0.6 is 0 Å². The van der Waals surface area contributed by atoms with Crippen molar-refractivity contribution in [2.75, 3.05) is 17.4 Å². The first-order valence-electron chi connectivity index (χ1n) is 13.3. The minimum Gasteiger partial charge on any atom is -0.480 e. The maximum absolute atomic E-state index is 13.1. The Bertz CT molecular complexity index is 1370. The summed E-state index contributed by atoms with van der Waals surface area (Å²) >= 11 is 0. The zero-order valence-corrected chi connectivity index (χ0v) is 22.8. The molecule has 0 unspecified atom stereocenters. The van der Waals surface area contributed by atoms with Gasteiger partial charge in [-0.25, -0.2) is 4.79 Å². The predicted molar refractivity (Wildman–Crippen MR) is 150 cm³/mol. The van der Waals surface area contributed by atoms with E-state index in [1.807, 2.05) is 32.0 Å². The van der Waals surface area contributed by atoms with Crippen molar-refractivity contribution in [2.45, 2.75) is 51.4 Å². The highest BCUT2D eigenvalue weighted by atomic mass is 16.7. The molecule has 4 rings (SSSR count). The smallest absolute Gasteiger partial charge is 0.326 e. The average molecular weight is 561 g/mol. The van der Waals surface area contributed by atoms with E-state index in [0.29, 0.717) is 35.3 Å². The second kappa shape index (κ2) is 13.6. The number of nitrogens with one attached hydrogen (secondary N) is 3. The van der Waals surface area contributed by atoms with Crippen molar-refractivity contribution in [2.24, 2.45) is 0 Å². The van der Waals surface area contributed by atoms with Gasteiger partial charge in [-0.05, 0) is 53.8 Å². The lowest BCUT2D eigenvalue weighted by atomic mass is 10.0. The van der Waals surface area contributed by atoms with E-state index in [9.17, 15) is 24.3 Å². The highest BCUT2D eigenvalue weighted by molar-refractivity contribution is 6.04. The fraction of sp³-hybridized carbons (Fsp3) is 0.300. The summed E-state index contributed by atoms with van der Waals surface area (Å²) in [6.07, 6.45) is 1.84. The summed E-state index contributed by atoms with van der Waals surface area (Å²) in [4.78, 5) is 54.4. The van der Waals surface area contributed by atoms with Crippen LogP contribution in [0, 0.1) is 0 Å². The van der Waals surface area contributed by atoms with Gasteiger partial charge in [0.25, 0.3) is 17.7 Å². The van der Waals surface area contributed by atoms with Crippen molar-refractivity contribution in [3.8, 4) is 0 Å². The van der Waals surface area contributed by atoms with Crippen LogP contribution in [0.2, 0.25) is 0 Å². The number of carbonyl (C=O) groups excluding carboxylic acids is 3. The van der Waals surface area contributed by atoms with Crippen molar-refractivity contribution < 1.29 is 33.8 Å². The first kappa shape index (κ1) is 29.4. The lowest BCUT2D eigenvalue weighted by molar-refractivity contribution is -0.144. The SMILES string of the molecule is CCc1cccc(CC)c1NC(=O)[C@@H]1OCO[C@H]1C(=O)N[C@@H](Cc1ccc(NC(=O)c2ccncc2)cc1)C(=O)O. The van der Waals surface area contributed by atoms with Crippen molar-refractivity contribution in [1.82, 2.24) is 10.3 Å². The van der Waals surface area contributed by atoms with E-state index in [1.54, 1.807) is 36.4 Å². The van der Waals surface area contributed by atoms with Crippen LogP contribution in [0.5, 0.6) is 0 Å². The molecular weight excluding hydrogens is 528 g/mol. The summed E-state index contributed by atoms with van der Waals surface area (Å²) in [5.74, 6) is -2.87. The average Bonchev–Trinajstić information content (AvgIpc) is 3.49. The molecule has 0 radical (unpaired) electrons. The topological polar surface area (TPSA) is 156 Å². The molecule has 11 nitrogen and oxygen atoms in total. The molecule has 0 bridgehead atoms. The van der Waals surface area contributed by atoms with E-state index >= 15 is 0 Å². The molecule has 0 saturated carbocycles. The Hall–Kier alpha value is -4.61. The van der Waals surface area contributed by atoms with Crippen LogP contribution in [0.15, 0.2) is 67.0 Å². The maximum Gasteiger partial charge on any atom is 0.326 e. The summed E-state index contributed by atoms with van der Waals surface area (Å²) in [7, 11) is 0. The number of pyridine rings is 1. The summed E-state index contributed by atoms with van der Waals surface area (Å²) < 4.78 is 10.8. The third-order valence-electron chi connectivity index (χ3n) is 6.74. The molecule has 0 spiro atoms. The van der Waals surface area contributed by atoms with E-state index in [0.717, 1.165) is 11.1 Å². The highest BCUT2D eigenvalue weighted by Gasteiger charge is 2.42. The van der Waals surface area contributed by atoms with Gasteiger partial charge in [0.2, 0.25) is 0 Å². The van der Waals surface area contributed by atoms with Crippen LogP contribution < -0.4 is 16.0 Å².